The number of aliphatic hydroxyl groups is 1. The Balaban J connectivity index is 1.86. The highest BCUT2D eigenvalue weighted by Crippen LogP contribution is 2.31. The summed E-state index contributed by atoms with van der Waals surface area (Å²) in [7, 11) is 1.57. The van der Waals surface area contributed by atoms with Gasteiger partial charge in [-0.2, -0.15) is 0 Å². The van der Waals surface area contributed by atoms with E-state index in [0.717, 1.165) is 4.90 Å². The average Bonchev–Trinajstić information content (AvgIpc) is 2.67. The lowest BCUT2D eigenvalue weighted by molar-refractivity contribution is -0.142. The van der Waals surface area contributed by atoms with Crippen molar-refractivity contribution in [1.82, 2.24) is 4.90 Å². The van der Waals surface area contributed by atoms with Crippen LogP contribution in [0, 0.1) is 5.41 Å². The van der Waals surface area contributed by atoms with Crippen LogP contribution in [0.25, 0.3) is 0 Å². The van der Waals surface area contributed by atoms with Gasteiger partial charge in [-0.3, -0.25) is 14.5 Å². The van der Waals surface area contributed by atoms with Gasteiger partial charge in [0.05, 0.1) is 19.1 Å². The van der Waals surface area contributed by atoms with Crippen molar-refractivity contribution in [2.24, 2.45) is 5.41 Å². The number of amides is 2. The van der Waals surface area contributed by atoms with Crippen LogP contribution in [0.15, 0.2) is 24.3 Å². The molecule has 1 heterocycles. The van der Waals surface area contributed by atoms with Gasteiger partial charge in [-0.1, -0.05) is 13.8 Å². The van der Waals surface area contributed by atoms with Gasteiger partial charge in [0.25, 0.3) is 0 Å². The minimum absolute atomic E-state index is 0.00379. The second kappa shape index (κ2) is 6.36. The fourth-order valence-electron chi connectivity index (χ4n) is 2.34. The maximum atomic E-state index is 12.1. The van der Waals surface area contributed by atoms with E-state index in [-0.39, 0.29) is 31.4 Å². The molecule has 1 N–H and O–H groups in total. The van der Waals surface area contributed by atoms with Gasteiger partial charge >= 0.3 is 0 Å². The van der Waals surface area contributed by atoms with Crippen LogP contribution in [-0.4, -0.2) is 48.2 Å². The summed E-state index contributed by atoms with van der Waals surface area (Å²) < 4.78 is 10.5. The third kappa shape index (κ3) is 3.57. The van der Waals surface area contributed by atoms with E-state index in [2.05, 4.69) is 0 Å². The van der Waals surface area contributed by atoms with E-state index in [1.165, 1.54) is 0 Å². The Morgan fingerprint density at radius 3 is 2.32 bits per heavy atom. The van der Waals surface area contributed by atoms with Crippen molar-refractivity contribution in [1.29, 1.82) is 0 Å². The summed E-state index contributed by atoms with van der Waals surface area (Å²) in [5, 5.41) is 9.98. The Labute approximate surface area is 129 Å². The van der Waals surface area contributed by atoms with E-state index >= 15 is 0 Å². The lowest BCUT2D eigenvalue weighted by atomic mass is 9.92. The Morgan fingerprint density at radius 2 is 1.82 bits per heavy atom. The first kappa shape index (κ1) is 16.3. The monoisotopic (exact) mass is 307 g/mol. The molecule has 120 valence electrons. The molecule has 1 aliphatic rings. The number of ether oxygens (including phenoxy) is 2. The van der Waals surface area contributed by atoms with Crippen LogP contribution in [0.5, 0.6) is 11.5 Å². The number of nitrogens with zero attached hydrogens (tertiary/aromatic N) is 1. The summed E-state index contributed by atoms with van der Waals surface area (Å²) in [5.74, 6) is 0.794. The number of hydrogen-bond acceptors (Lipinski definition) is 5. The van der Waals surface area contributed by atoms with Gasteiger partial charge in [0.1, 0.15) is 24.2 Å². The Kier molecular flexibility index (Phi) is 4.71. The highest BCUT2D eigenvalue weighted by Gasteiger charge is 2.45. The summed E-state index contributed by atoms with van der Waals surface area (Å²) in [5.41, 5.74) is -0.687. The Hall–Kier alpha value is -2.08. The fourth-order valence-corrected chi connectivity index (χ4v) is 2.34. The van der Waals surface area contributed by atoms with Crippen molar-refractivity contribution in [3.05, 3.63) is 24.3 Å². The average molecular weight is 307 g/mol. The molecule has 2 rings (SSSR count). The van der Waals surface area contributed by atoms with Crippen molar-refractivity contribution >= 4 is 11.8 Å². The van der Waals surface area contributed by atoms with Gasteiger partial charge in [0.15, 0.2) is 0 Å². The van der Waals surface area contributed by atoms with E-state index in [1.54, 1.807) is 45.2 Å². The summed E-state index contributed by atoms with van der Waals surface area (Å²) in [6.07, 6.45) is -0.748. The summed E-state index contributed by atoms with van der Waals surface area (Å²) in [4.78, 5) is 25.0. The number of methoxy groups -OCH3 is 1. The molecule has 1 aromatic carbocycles. The quantitative estimate of drug-likeness (QED) is 0.800. The highest BCUT2D eigenvalue weighted by atomic mass is 16.5. The molecular formula is C16H21NO5. The molecule has 2 amide bonds. The molecule has 0 aliphatic carbocycles. The summed E-state index contributed by atoms with van der Waals surface area (Å²) >= 11 is 0. The molecule has 6 heteroatoms. The number of hydrogen-bond donors (Lipinski definition) is 1. The first-order valence-corrected chi connectivity index (χ1v) is 7.13. The van der Waals surface area contributed by atoms with Crippen LogP contribution in [-0.2, 0) is 9.59 Å². The number of aliphatic hydroxyl groups excluding tert-OH is 1. The molecule has 1 saturated heterocycles. The number of β-amino-alcohol motifs (C(OH)–C–C–N with tert-alkyl or cyclic N) is 1. The molecule has 1 atom stereocenters. The van der Waals surface area contributed by atoms with Crippen molar-refractivity contribution in [2.75, 3.05) is 20.3 Å². The third-order valence-corrected chi connectivity index (χ3v) is 3.61. The maximum absolute atomic E-state index is 12.1. The maximum Gasteiger partial charge on any atom is 0.235 e. The van der Waals surface area contributed by atoms with Gasteiger partial charge < -0.3 is 14.6 Å². The van der Waals surface area contributed by atoms with Gasteiger partial charge in [-0.15, -0.1) is 0 Å². The smallest absolute Gasteiger partial charge is 0.235 e. The van der Waals surface area contributed by atoms with E-state index in [0.29, 0.717) is 11.5 Å². The van der Waals surface area contributed by atoms with Crippen LogP contribution >= 0.6 is 0 Å². The van der Waals surface area contributed by atoms with Crippen LogP contribution in [0.3, 0.4) is 0 Å². The van der Waals surface area contributed by atoms with Crippen molar-refractivity contribution in [2.45, 2.75) is 26.4 Å². The predicted octanol–water partition coefficient (Wildman–Crippen LogP) is 1.22. The normalized spacial score (nSPS) is 18.5. The molecule has 0 saturated carbocycles. The van der Waals surface area contributed by atoms with Crippen LogP contribution in [0.1, 0.15) is 20.3 Å². The number of likely N-dealkylation sites (tertiary alicyclic amines) is 1. The van der Waals surface area contributed by atoms with Gasteiger partial charge in [0.2, 0.25) is 11.8 Å². The van der Waals surface area contributed by atoms with Crippen LogP contribution in [0.4, 0.5) is 0 Å². The molecule has 0 bridgehead atoms. The molecule has 0 radical (unpaired) electrons. The molecule has 1 fully saturated rings. The van der Waals surface area contributed by atoms with Gasteiger partial charge in [-0.05, 0) is 24.3 Å². The first-order chi connectivity index (χ1) is 10.3. The van der Waals surface area contributed by atoms with Crippen LogP contribution in [0.2, 0.25) is 0 Å². The molecule has 0 unspecified atom stereocenters. The SMILES string of the molecule is COc1ccc(OC[C@H](O)CN2C(=O)CC(C)(C)C2=O)cc1. The number of imide groups is 1. The second-order valence-electron chi connectivity index (χ2n) is 6.01. The van der Waals surface area contributed by atoms with Crippen molar-refractivity contribution < 1.29 is 24.2 Å². The lowest BCUT2D eigenvalue weighted by Gasteiger charge is -2.21. The summed E-state index contributed by atoms with van der Waals surface area (Å²) in [6.45, 7) is 3.42. The molecule has 0 spiro atoms. The van der Waals surface area contributed by atoms with Crippen molar-refractivity contribution in [3.8, 4) is 11.5 Å². The van der Waals surface area contributed by atoms with Crippen LogP contribution < -0.4 is 9.47 Å². The second-order valence-corrected chi connectivity index (χ2v) is 6.01. The molecule has 22 heavy (non-hydrogen) atoms. The number of carbonyl (C=O) groups excluding carboxylic acids is 2. The Bertz CT molecular complexity index is 552. The van der Waals surface area contributed by atoms with E-state index in [9.17, 15) is 14.7 Å². The largest absolute Gasteiger partial charge is 0.497 e. The fraction of sp³-hybridized carbons (Fsp3) is 0.500. The number of carbonyl (C=O) groups is 2. The topological polar surface area (TPSA) is 76.1 Å². The van der Waals surface area contributed by atoms with E-state index < -0.39 is 11.5 Å². The van der Waals surface area contributed by atoms with Gasteiger partial charge in [-0.25, -0.2) is 0 Å². The van der Waals surface area contributed by atoms with E-state index in [1.807, 2.05) is 0 Å². The minimum Gasteiger partial charge on any atom is -0.497 e. The Morgan fingerprint density at radius 1 is 1.23 bits per heavy atom. The zero-order valence-electron chi connectivity index (χ0n) is 13.0. The van der Waals surface area contributed by atoms with Crippen molar-refractivity contribution in [3.63, 3.8) is 0 Å². The predicted molar refractivity (Wildman–Crippen MR) is 79.6 cm³/mol. The number of benzene rings is 1. The standard InChI is InChI=1S/C16H21NO5/c1-16(2)8-14(19)17(15(16)20)9-11(18)10-22-13-6-4-12(21-3)5-7-13/h4-7,11,18H,8-10H2,1-3H3/t11-/m1/s1. The van der Waals surface area contributed by atoms with Gasteiger partial charge in [0, 0.05) is 6.42 Å². The van der Waals surface area contributed by atoms with E-state index in [4.69, 9.17) is 9.47 Å². The summed E-state index contributed by atoms with van der Waals surface area (Å²) in [6, 6.07) is 6.94. The molecular weight excluding hydrogens is 286 g/mol. The highest BCUT2D eigenvalue weighted by molar-refractivity contribution is 6.05. The molecule has 1 aliphatic heterocycles. The zero-order valence-corrected chi connectivity index (χ0v) is 13.0. The molecule has 1 aromatic rings. The zero-order chi connectivity index (χ0) is 16.3. The first-order valence-electron chi connectivity index (χ1n) is 7.13. The minimum atomic E-state index is -0.927. The lowest BCUT2D eigenvalue weighted by Crippen LogP contribution is -2.40. The number of rotatable bonds is 6. The molecule has 6 nitrogen and oxygen atoms in total. The molecule has 0 aromatic heterocycles. The third-order valence-electron chi connectivity index (χ3n) is 3.61.